The van der Waals surface area contributed by atoms with E-state index in [1.165, 1.54) is 5.56 Å². The summed E-state index contributed by atoms with van der Waals surface area (Å²) in [5, 5.41) is 19.0. The Morgan fingerprint density at radius 3 is 2.79 bits per heavy atom. The van der Waals surface area contributed by atoms with Gasteiger partial charge in [-0.1, -0.05) is 5.16 Å². The minimum Gasteiger partial charge on any atom is -0.385 e. The minimum absolute atomic E-state index is 0.546. The Kier molecular flexibility index (Phi) is 5.03. The first-order valence-corrected chi connectivity index (χ1v) is 8.47. The van der Waals surface area contributed by atoms with Crippen molar-refractivity contribution in [2.24, 2.45) is 0 Å². The van der Waals surface area contributed by atoms with Gasteiger partial charge in [0.25, 0.3) is 0 Å². The molecule has 1 aliphatic rings. The highest BCUT2D eigenvalue weighted by molar-refractivity contribution is 5.21. The fourth-order valence-electron chi connectivity index (χ4n) is 3.24. The molecule has 7 heteroatoms. The van der Waals surface area contributed by atoms with Gasteiger partial charge in [0.1, 0.15) is 11.9 Å². The summed E-state index contributed by atoms with van der Waals surface area (Å²) in [4.78, 5) is 4.37. The Balaban J connectivity index is 1.74. The zero-order chi connectivity index (χ0) is 17.3. The van der Waals surface area contributed by atoms with E-state index in [2.05, 4.69) is 15.2 Å². The Hall–Kier alpha value is -1.70. The van der Waals surface area contributed by atoms with Crippen LogP contribution < -0.4 is 0 Å². The van der Waals surface area contributed by atoms with Crippen LogP contribution in [0.3, 0.4) is 0 Å². The van der Waals surface area contributed by atoms with E-state index in [0.717, 1.165) is 55.4 Å². The predicted molar refractivity (Wildman–Crippen MR) is 90.4 cm³/mol. The number of hydrogen-bond donors (Lipinski definition) is 1. The van der Waals surface area contributed by atoms with Gasteiger partial charge in [-0.25, -0.2) is 0 Å². The number of nitrogens with zero attached hydrogens (tertiary/aromatic N) is 5. The number of aromatic nitrogens is 3. The number of hydrogen-bond acceptors (Lipinski definition) is 6. The number of likely N-dealkylation sites (N-methyl/N-ethyl adjacent to an activating group) is 1. The first-order chi connectivity index (χ1) is 11.4. The molecule has 24 heavy (non-hydrogen) atoms. The molecule has 0 amide bonds. The molecule has 3 rings (SSSR count). The summed E-state index contributed by atoms with van der Waals surface area (Å²) in [6, 6.07) is 2.04. The molecule has 2 aromatic heterocycles. The summed E-state index contributed by atoms with van der Waals surface area (Å²) in [6.45, 7) is 8.11. The Bertz CT molecular complexity index is 672. The molecule has 7 nitrogen and oxygen atoms in total. The third kappa shape index (κ3) is 3.68. The van der Waals surface area contributed by atoms with Crippen LogP contribution in [0.25, 0.3) is 0 Å². The molecular weight excluding hydrogens is 306 g/mol. The van der Waals surface area contributed by atoms with Crippen molar-refractivity contribution in [2.75, 3.05) is 27.2 Å². The Morgan fingerprint density at radius 2 is 2.12 bits per heavy atom. The van der Waals surface area contributed by atoms with Gasteiger partial charge in [0.15, 0.2) is 0 Å². The van der Waals surface area contributed by atoms with E-state index in [9.17, 15) is 5.11 Å². The molecule has 1 aliphatic heterocycles. The van der Waals surface area contributed by atoms with Crippen LogP contribution in [0.2, 0.25) is 0 Å². The van der Waals surface area contributed by atoms with E-state index >= 15 is 0 Å². The van der Waals surface area contributed by atoms with Gasteiger partial charge in [-0.05, 0) is 40.4 Å². The average Bonchev–Trinajstić information content (AvgIpc) is 2.99. The van der Waals surface area contributed by atoms with Gasteiger partial charge in [-0.2, -0.15) is 5.10 Å². The van der Waals surface area contributed by atoms with Crippen molar-refractivity contribution in [3.63, 3.8) is 0 Å². The highest BCUT2D eigenvalue weighted by Crippen LogP contribution is 2.21. The first kappa shape index (κ1) is 17.1. The minimum atomic E-state index is -0.546. The summed E-state index contributed by atoms with van der Waals surface area (Å²) >= 11 is 0. The number of fused-ring (bicyclic) bond motifs is 1. The molecule has 2 aromatic rings. The third-order valence-corrected chi connectivity index (χ3v) is 4.55. The fourth-order valence-corrected chi connectivity index (χ4v) is 3.24. The van der Waals surface area contributed by atoms with Crippen molar-refractivity contribution in [3.05, 3.63) is 34.5 Å². The van der Waals surface area contributed by atoms with E-state index in [-0.39, 0.29) is 0 Å². The monoisotopic (exact) mass is 333 g/mol. The van der Waals surface area contributed by atoms with Crippen molar-refractivity contribution in [1.29, 1.82) is 0 Å². The summed E-state index contributed by atoms with van der Waals surface area (Å²) in [5.41, 5.74) is 4.06. The highest BCUT2D eigenvalue weighted by atomic mass is 16.5. The molecule has 0 fully saturated rings. The van der Waals surface area contributed by atoms with Gasteiger partial charge in [-0.15, -0.1) is 0 Å². The molecule has 3 heterocycles. The van der Waals surface area contributed by atoms with Crippen LogP contribution in [0.1, 0.15) is 40.9 Å². The lowest BCUT2D eigenvalue weighted by Gasteiger charge is -2.19. The van der Waals surface area contributed by atoms with Gasteiger partial charge in [-0.3, -0.25) is 9.58 Å². The van der Waals surface area contributed by atoms with E-state index in [4.69, 9.17) is 4.52 Å². The second-order valence-corrected chi connectivity index (χ2v) is 6.93. The van der Waals surface area contributed by atoms with Crippen LogP contribution in [-0.2, 0) is 19.6 Å². The number of rotatable bonds is 5. The number of aliphatic hydroxyl groups excluding tert-OH is 1. The topological polar surface area (TPSA) is 70.6 Å². The summed E-state index contributed by atoms with van der Waals surface area (Å²) < 4.78 is 7.32. The molecule has 0 aliphatic carbocycles. The molecule has 0 spiro atoms. The molecule has 0 unspecified atom stereocenters. The van der Waals surface area contributed by atoms with Crippen molar-refractivity contribution in [1.82, 2.24) is 24.7 Å². The SMILES string of the molecule is Cc1noc(C)c1CN1CCCn2nc([C@H](O)CN(C)C)cc2C1. The third-order valence-electron chi connectivity index (χ3n) is 4.55. The second-order valence-electron chi connectivity index (χ2n) is 6.93. The van der Waals surface area contributed by atoms with Crippen molar-refractivity contribution in [3.8, 4) is 0 Å². The van der Waals surface area contributed by atoms with Gasteiger partial charge in [0, 0.05) is 38.3 Å². The molecule has 0 radical (unpaired) electrons. The lowest BCUT2D eigenvalue weighted by Crippen LogP contribution is -2.23. The molecule has 1 atom stereocenters. The molecule has 0 saturated heterocycles. The average molecular weight is 333 g/mol. The molecule has 132 valence electrons. The molecule has 0 bridgehead atoms. The zero-order valence-electron chi connectivity index (χ0n) is 15.0. The zero-order valence-corrected chi connectivity index (χ0v) is 15.0. The number of aliphatic hydroxyl groups is 1. The van der Waals surface area contributed by atoms with E-state index in [1.807, 2.05) is 43.6 Å². The fraction of sp³-hybridized carbons (Fsp3) is 0.647. The lowest BCUT2D eigenvalue weighted by molar-refractivity contribution is 0.133. The van der Waals surface area contributed by atoms with Crippen LogP contribution in [0.5, 0.6) is 0 Å². The first-order valence-electron chi connectivity index (χ1n) is 8.47. The maximum Gasteiger partial charge on any atom is 0.138 e. The van der Waals surface area contributed by atoms with Gasteiger partial charge < -0.3 is 14.5 Å². The summed E-state index contributed by atoms with van der Waals surface area (Å²) in [6.07, 6.45) is 0.497. The summed E-state index contributed by atoms with van der Waals surface area (Å²) in [5.74, 6) is 0.896. The largest absolute Gasteiger partial charge is 0.385 e. The molecule has 0 aromatic carbocycles. The van der Waals surface area contributed by atoms with Crippen LogP contribution in [0, 0.1) is 13.8 Å². The normalized spacial score (nSPS) is 17.1. The Morgan fingerprint density at radius 1 is 1.33 bits per heavy atom. The standard InChI is InChI=1S/C17H27N5O2/c1-12-15(13(2)24-19-12)10-21-6-5-7-22-14(9-21)8-16(18-22)17(23)11-20(3)4/h8,17,23H,5-7,9-11H2,1-4H3/t17-/m1/s1. The maximum atomic E-state index is 10.3. The molecule has 0 saturated carbocycles. The maximum absolute atomic E-state index is 10.3. The number of aryl methyl sites for hydroxylation is 3. The lowest BCUT2D eigenvalue weighted by atomic mass is 10.2. The van der Waals surface area contributed by atoms with Crippen molar-refractivity contribution >= 4 is 0 Å². The highest BCUT2D eigenvalue weighted by Gasteiger charge is 2.21. The summed E-state index contributed by atoms with van der Waals surface area (Å²) in [7, 11) is 3.91. The smallest absolute Gasteiger partial charge is 0.138 e. The van der Waals surface area contributed by atoms with Crippen LogP contribution in [-0.4, -0.2) is 57.0 Å². The van der Waals surface area contributed by atoms with E-state index < -0.39 is 6.10 Å². The van der Waals surface area contributed by atoms with E-state index in [1.54, 1.807) is 0 Å². The molecular formula is C17H27N5O2. The Labute approximate surface area is 142 Å². The van der Waals surface area contributed by atoms with Crippen molar-refractivity contribution in [2.45, 2.75) is 46.0 Å². The van der Waals surface area contributed by atoms with Crippen molar-refractivity contribution < 1.29 is 9.63 Å². The van der Waals surface area contributed by atoms with Crippen LogP contribution in [0.15, 0.2) is 10.6 Å². The van der Waals surface area contributed by atoms with Crippen LogP contribution >= 0.6 is 0 Å². The van der Waals surface area contributed by atoms with E-state index in [0.29, 0.717) is 6.54 Å². The quantitative estimate of drug-likeness (QED) is 0.894. The predicted octanol–water partition coefficient (Wildman–Crippen LogP) is 1.49. The van der Waals surface area contributed by atoms with Crippen LogP contribution in [0.4, 0.5) is 0 Å². The van der Waals surface area contributed by atoms with Gasteiger partial charge in [0.2, 0.25) is 0 Å². The van der Waals surface area contributed by atoms with Gasteiger partial charge in [0.05, 0.1) is 17.1 Å². The van der Waals surface area contributed by atoms with Gasteiger partial charge >= 0.3 is 0 Å². The molecule has 1 N–H and O–H groups in total. The second kappa shape index (κ2) is 7.04.